The van der Waals surface area contributed by atoms with Crippen molar-refractivity contribution in [3.05, 3.63) is 78.3 Å². The van der Waals surface area contributed by atoms with Crippen LogP contribution in [0.25, 0.3) is 11.1 Å². The first-order valence-electron chi connectivity index (χ1n) is 7.13. The molecule has 0 aliphatic rings. The lowest BCUT2D eigenvalue weighted by Gasteiger charge is -2.10. The molecule has 0 saturated carbocycles. The summed E-state index contributed by atoms with van der Waals surface area (Å²) >= 11 is 0. The Balaban J connectivity index is 1.83. The number of hydrazine groups is 1. The topological polar surface area (TPSA) is 77.5 Å². The molecule has 116 valence electrons. The van der Waals surface area contributed by atoms with Gasteiger partial charge in [0, 0.05) is 11.1 Å². The van der Waals surface area contributed by atoms with Crippen molar-refractivity contribution in [1.29, 1.82) is 0 Å². The largest absolute Gasteiger partial charge is 0.488 e. The molecule has 5 heteroatoms. The molecule has 1 heterocycles. The van der Waals surface area contributed by atoms with Crippen molar-refractivity contribution in [2.45, 2.75) is 6.61 Å². The Morgan fingerprint density at radius 1 is 1.09 bits per heavy atom. The summed E-state index contributed by atoms with van der Waals surface area (Å²) in [6.07, 6.45) is 1.51. The number of nitrogens with one attached hydrogen (secondary N) is 1. The van der Waals surface area contributed by atoms with E-state index < -0.39 is 5.91 Å². The molecular formula is C18H16N2O3. The van der Waals surface area contributed by atoms with Gasteiger partial charge < -0.3 is 9.15 Å². The standard InChI is InChI=1S/C18H16N2O3/c19-20-18(21)17-10-14(12-23-17)15-8-4-5-9-16(15)22-11-13-6-2-1-3-7-13/h1-10,12H,11,19H2,(H,20,21). The zero-order valence-electron chi connectivity index (χ0n) is 12.4. The Kier molecular flexibility index (Phi) is 4.40. The molecule has 3 N–H and O–H groups in total. The molecule has 0 spiro atoms. The molecule has 0 atom stereocenters. The summed E-state index contributed by atoms with van der Waals surface area (Å²) in [7, 11) is 0. The smallest absolute Gasteiger partial charge is 0.300 e. The molecule has 0 bridgehead atoms. The van der Waals surface area contributed by atoms with Crippen molar-refractivity contribution >= 4 is 5.91 Å². The number of hydrogen-bond donors (Lipinski definition) is 2. The van der Waals surface area contributed by atoms with Crippen LogP contribution >= 0.6 is 0 Å². The molecule has 3 aromatic rings. The molecule has 5 nitrogen and oxygen atoms in total. The minimum absolute atomic E-state index is 0.153. The van der Waals surface area contributed by atoms with Gasteiger partial charge in [0.2, 0.25) is 0 Å². The number of ether oxygens (including phenoxy) is 1. The van der Waals surface area contributed by atoms with Gasteiger partial charge in [-0.25, -0.2) is 5.84 Å². The van der Waals surface area contributed by atoms with Gasteiger partial charge >= 0.3 is 5.91 Å². The highest BCUT2D eigenvalue weighted by Gasteiger charge is 2.13. The number of carbonyl (C=O) groups is 1. The van der Waals surface area contributed by atoms with Crippen LogP contribution in [0.2, 0.25) is 0 Å². The quantitative estimate of drug-likeness (QED) is 0.431. The minimum atomic E-state index is -0.473. The lowest BCUT2D eigenvalue weighted by molar-refractivity contribution is 0.0926. The van der Waals surface area contributed by atoms with Crippen LogP contribution in [0.1, 0.15) is 16.1 Å². The zero-order chi connectivity index (χ0) is 16.1. The molecule has 1 aromatic heterocycles. The fourth-order valence-corrected chi connectivity index (χ4v) is 2.23. The first-order valence-corrected chi connectivity index (χ1v) is 7.13. The molecular weight excluding hydrogens is 292 g/mol. The second kappa shape index (κ2) is 6.81. The van der Waals surface area contributed by atoms with Gasteiger partial charge in [-0.3, -0.25) is 10.2 Å². The molecule has 0 unspecified atom stereocenters. The van der Waals surface area contributed by atoms with E-state index in [4.69, 9.17) is 15.0 Å². The van der Waals surface area contributed by atoms with Crippen LogP contribution in [0.3, 0.4) is 0 Å². The van der Waals surface area contributed by atoms with E-state index in [2.05, 4.69) is 0 Å². The Morgan fingerprint density at radius 3 is 2.61 bits per heavy atom. The molecule has 0 fully saturated rings. The van der Waals surface area contributed by atoms with Crippen LogP contribution < -0.4 is 16.0 Å². The highest BCUT2D eigenvalue weighted by molar-refractivity contribution is 5.92. The van der Waals surface area contributed by atoms with Crippen LogP contribution in [-0.4, -0.2) is 5.91 Å². The van der Waals surface area contributed by atoms with E-state index in [-0.39, 0.29) is 5.76 Å². The summed E-state index contributed by atoms with van der Waals surface area (Å²) in [5.74, 6) is 5.51. The molecule has 0 aliphatic carbocycles. The van der Waals surface area contributed by atoms with Gasteiger partial charge in [-0.15, -0.1) is 0 Å². The minimum Gasteiger partial charge on any atom is -0.488 e. The number of furan rings is 1. The van der Waals surface area contributed by atoms with E-state index in [9.17, 15) is 4.79 Å². The summed E-state index contributed by atoms with van der Waals surface area (Å²) in [6.45, 7) is 0.464. The number of benzene rings is 2. The Labute approximate surface area is 133 Å². The van der Waals surface area contributed by atoms with Gasteiger partial charge in [0.05, 0.1) is 6.26 Å². The lowest BCUT2D eigenvalue weighted by atomic mass is 10.1. The summed E-state index contributed by atoms with van der Waals surface area (Å²) in [4.78, 5) is 11.5. The maximum Gasteiger partial charge on any atom is 0.300 e. The first-order chi connectivity index (χ1) is 11.3. The second-order valence-corrected chi connectivity index (χ2v) is 4.94. The predicted molar refractivity (Wildman–Crippen MR) is 86.6 cm³/mol. The SMILES string of the molecule is NNC(=O)c1cc(-c2ccccc2OCc2ccccc2)co1. The van der Waals surface area contributed by atoms with Gasteiger partial charge in [0.25, 0.3) is 0 Å². The monoisotopic (exact) mass is 308 g/mol. The van der Waals surface area contributed by atoms with E-state index in [1.165, 1.54) is 6.26 Å². The highest BCUT2D eigenvalue weighted by atomic mass is 16.5. The average Bonchev–Trinajstić information content (AvgIpc) is 3.10. The molecule has 2 aromatic carbocycles. The van der Waals surface area contributed by atoms with E-state index in [1.54, 1.807) is 6.07 Å². The summed E-state index contributed by atoms with van der Waals surface area (Å²) in [5.41, 5.74) is 4.73. The van der Waals surface area contributed by atoms with Gasteiger partial charge in [-0.2, -0.15) is 0 Å². The van der Waals surface area contributed by atoms with Crippen molar-refractivity contribution in [2.24, 2.45) is 5.84 Å². The molecule has 0 aliphatic heterocycles. The van der Waals surface area contributed by atoms with Crippen LogP contribution in [0.15, 0.2) is 71.3 Å². The molecule has 0 radical (unpaired) electrons. The summed E-state index contributed by atoms with van der Waals surface area (Å²) in [5, 5.41) is 0. The summed E-state index contributed by atoms with van der Waals surface area (Å²) in [6, 6.07) is 19.1. The molecule has 3 rings (SSSR count). The zero-order valence-corrected chi connectivity index (χ0v) is 12.4. The van der Waals surface area contributed by atoms with Crippen LogP contribution in [0.5, 0.6) is 5.75 Å². The number of carbonyl (C=O) groups excluding carboxylic acids is 1. The van der Waals surface area contributed by atoms with Crippen LogP contribution in [-0.2, 0) is 6.61 Å². The third-order valence-corrected chi connectivity index (χ3v) is 3.39. The van der Waals surface area contributed by atoms with Crippen molar-refractivity contribution in [1.82, 2.24) is 5.43 Å². The number of nitrogen functional groups attached to an aromatic ring is 1. The van der Waals surface area contributed by atoms with Crippen molar-refractivity contribution < 1.29 is 13.9 Å². The fraction of sp³-hybridized carbons (Fsp3) is 0.0556. The van der Waals surface area contributed by atoms with Gasteiger partial charge in [0.15, 0.2) is 5.76 Å². The Morgan fingerprint density at radius 2 is 1.83 bits per heavy atom. The number of nitrogens with two attached hydrogens (primary N) is 1. The molecule has 0 saturated heterocycles. The number of rotatable bonds is 5. The predicted octanol–water partition coefficient (Wildman–Crippen LogP) is 3.13. The van der Waals surface area contributed by atoms with E-state index in [0.29, 0.717) is 6.61 Å². The van der Waals surface area contributed by atoms with E-state index in [0.717, 1.165) is 22.4 Å². The number of amides is 1. The fourth-order valence-electron chi connectivity index (χ4n) is 2.23. The van der Waals surface area contributed by atoms with Crippen molar-refractivity contribution in [2.75, 3.05) is 0 Å². The Bertz CT molecular complexity index is 797. The van der Waals surface area contributed by atoms with Crippen molar-refractivity contribution in [3.8, 4) is 16.9 Å². The lowest BCUT2D eigenvalue weighted by Crippen LogP contribution is -2.29. The van der Waals surface area contributed by atoms with E-state index in [1.807, 2.05) is 60.0 Å². The van der Waals surface area contributed by atoms with Crippen LogP contribution in [0, 0.1) is 0 Å². The van der Waals surface area contributed by atoms with Gasteiger partial charge in [-0.05, 0) is 17.7 Å². The summed E-state index contributed by atoms with van der Waals surface area (Å²) < 4.78 is 11.1. The van der Waals surface area contributed by atoms with Gasteiger partial charge in [-0.1, -0.05) is 48.5 Å². The maximum absolute atomic E-state index is 11.5. The highest BCUT2D eigenvalue weighted by Crippen LogP contribution is 2.31. The third-order valence-electron chi connectivity index (χ3n) is 3.39. The van der Waals surface area contributed by atoms with E-state index >= 15 is 0 Å². The first kappa shape index (κ1) is 14.9. The van der Waals surface area contributed by atoms with Crippen molar-refractivity contribution in [3.63, 3.8) is 0 Å². The molecule has 23 heavy (non-hydrogen) atoms. The average molecular weight is 308 g/mol. The number of hydrogen-bond acceptors (Lipinski definition) is 4. The van der Waals surface area contributed by atoms with Crippen LogP contribution in [0.4, 0.5) is 0 Å². The Hall–Kier alpha value is -3.05. The molecule has 1 amide bonds. The maximum atomic E-state index is 11.5. The number of para-hydroxylation sites is 1. The normalized spacial score (nSPS) is 10.3. The second-order valence-electron chi connectivity index (χ2n) is 4.94. The third kappa shape index (κ3) is 3.41. The van der Waals surface area contributed by atoms with Gasteiger partial charge in [0.1, 0.15) is 12.4 Å².